The lowest BCUT2D eigenvalue weighted by atomic mass is 9.95. The second-order valence-corrected chi connectivity index (χ2v) is 6.71. The Morgan fingerprint density at radius 3 is 2.38 bits per heavy atom. The summed E-state index contributed by atoms with van der Waals surface area (Å²) in [6.07, 6.45) is 3.61. The molecule has 0 amide bonds. The Labute approximate surface area is 131 Å². The van der Waals surface area contributed by atoms with Crippen molar-refractivity contribution >= 4 is 11.6 Å². The summed E-state index contributed by atoms with van der Waals surface area (Å²) >= 11 is 6.27. The van der Waals surface area contributed by atoms with Gasteiger partial charge in [-0.15, -0.1) is 0 Å². The van der Waals surface area contributed by atoms with Gasteiger partial charge in [0.1, 0.15) is 11.0 Å². The van der Waals surface area contributed by atoms with Gasteiger partial charge in [-0.05, 0) is 25.0 Å². The lowest BCUT2D eigenvalue weighted by Crippen LogP contribution is -2.18. The molecule has 2 aromatic heterocycles. The summed E-state index contributed by atoms with van der Waals surface area (Å²) in [6.45, 7) is 10.4. The van der Waals surface area contributed by atoms with Crippen LogP contribution < -0.4 is 0 Å². The number of nitrogens with zero attached hydrogens (tertiary/aromatic N) is 3. The van der Waals surface area contributed by atoms with Crippen molar-refractivity contribution in [2.24, 2.45) is 0 Å². The maximum absolute atomic E-state index is 6.27. The molecule has 0 unspecified atom stereocenters. The lowest BCUT2D eigenvalue weighted by molar-refractivity contribution is 0.541. The van der Waals surface area contributed by atoms with Crippen molar-refractivity contribution in [3.05, 3.63) is 51.8 Å². The number of pyridine rings is 1. The highest BCUT2D eigenvalue weighted by molar-refractivity contribution is 6.30. The van der Waals surface area contributed by atoms with Gasteiger partial charge in [-0.25, -0.2) is 9.97 Å². The molecule has 0 bridgehead atoms. The number of hydrogen-bond donors (Lipinski definition) is 0. The Morgan fingerprint density at radius 1 is 1.14 bits per heavy atom. The standard InChI is InChI=1S/C17H22ClN3/c1-6-12-7-8-13(19-10-12)9-14-11(2)15(18)21-16(20-14)17(3,4)5/h7-8,10H,6,9H2,1-5H3. The average molecular weight is 304 g/mol. The van der Waals surface area contributed by atoms with E-state index >= 15 is 0 Å². The van der Waals surface area contributed by atoms with E-state index in [0.29, 0.717) is 11.6 Å². The number of rotatable bonds is 3. The van der Waals surface area contributed by atoms with Crippen LogP contribution in [0.4, 0.5) is 0 Å². The van der Waals surface area contributed by atoms with Crippen LogP contribution in [-0.4, -0.2) is 15.0 Å². The lowest BCUT2D eigenvalue weighted by Gasteiger charge is -2.19. The van der Waals surface area contributed by atoms with Crippen molar-refractivity contribution in [1.29, 1.82) is 0 Å². The van der Waals surface area contributed by atoms with Crippen molar-refractivity contribution < 1.29 is 0 Å². The number of aryl methyl sites for hydroxylation is 1. The van der Waals surface area contributed by atoms with Gasteiger partial charge in [0.25, 0.3) is 0 Å². The van der Waals surface area contributed by atoms with Crippen molar-refractivity contribution in [2.75, 3.05) is 0 Å². The van der Waals surface area contributed by atoms with E-state index in [0.717, 1.165) is 29.2 Å². The highest BCUT2D eigenvalue weighted by atomic mass is 35.5. The van der Waals surface area contributed by atoms with Crippen LogP contribution in [0.15, 0.2) is 18.3 Å². The van der Waals surface area contributed by atoms with Crippen molar-refractivity contribution in [2.45, 2.75) is 52.9 Å². The van der Waals surface area contributed by atoms with Gasteiger partial charge < -0.3 is 0 Å². The summed E-state index contributed by atoms with van der Waals surface area (Å²) in [5.74, 6) is 0.776. The number of halogens is 1. The van der Waals surface area contributed by atoms with Crippen LogP contribution in [0, 0.1) is 6.92 Å². The van der Waals surface area contributed by atoms with Crippen LogP contribution in [0.25, 0.3) is 0 Å². The number of aromatic nitrogens is 3. The van der Waals surface area contributed by atoms with Crippen molar-refractivity contribution in [3.63, 3.8) is 0 Å². The van der Waals surface area contributed by atoms with Crippen molar-refractivity contribution in [1.82, 2.24) is 15.0 Å². The van der Waals surface area contributed by atoms with Crippen molar-refractivity contribution in [3.8, 4) is 0 Å². The molecule has 2 heterocycles. The third kappa shape index (κ3) is 3.79. The largest absolute Gasteiger partial charge is 0.261 e. The summed E-state index contributed by atoms with van der Waals surface area (Å²) in [4.78, 5) is 13.6. The molecule has 2 aromatic rings. The van der Waals surface area contributed by atoms with E-state index < -0.39 is 0 Å². The molecular formula is C17H22ClN3. The van der Waals surface area contributed by atoms with Crippen LogP contribution in [-0.2, 0) is 18.3 Å². The van der Waals surface area contributed by atoms with E-state index in [2.05, 4.69) is 49.8 Å². The molecule has 0 saturated carbocycles. The van der Waals surface area contributed by atoms with E-state index in [1.165, 1.54) is 5.56 Å². The molecule has 112 valence electrons. The first-order chi connectivity index (χ1) is 9.81. The van der Waals surface area contributed by atoms with E-state index in [1.54, 1.807) is 0 Å². The minimum absolute atomic E-state index is 0.119. The molecule has 0 aliphatic heterocycles. The highest BCUT2D eigenvalue weighted by Gasteiger charge is 2.20. The average Bonchev–Trinajstić information content (AvgIpc) is 2.43. The quantitative estimate of drug-likeness (QED) is 0.794. The third-order valence-electron chi connectivity index (χ3n) is 3.50. The van der Waals surface area contributed by atoms with Crippen LogP contribution in [0.1, 0.15) is 56.0 Å². The van der Waals surface area contributed by atoms with Crippen LogP contribution in [0.5, 0.6) is 0 Å². The molecule has 0 aliphatic carbocycles. The molecule has 0 fully saturated rings. The molecule has 0 atom stereocenters. The summed E-state index contributed by atoms with van der Waals surface area (Å²) in [6, 6.07) is 4.18. The second kappa shape index (κ2) is 6.10. The SMILES string of the molecule is CCc1ccc(Cc2nc(C(C)(C)C)nc(Cl)c2C)nc1. The van der Waals surface area contributed by atoms with E-state index in [-0.39, 0.29) is 5.41 Å². The minimum Gasteiger partial charge on any atom is -0.261 e. The zero-order valence-electron chi connectivity index (χ0n) is 13.4. The Balaban J connectivity index is 2.36. The van der Waals surface area contributed by atoms with Crippen LogP contribution in [0.3, 0.4) is 0 Å². The smallest absolute Gasteiger partial charge is 0.135 e. The molecule has 0 spiro atoms. The predicted molar refractivity (Wildman–Crippen MR) is 86.9 cm³/mol. The summed E-state index contributed by atoms with van der Waals surface area (Å²) in [5, 5.41) is 0.537. The predicted octanol–water partition coefficient (Wildman–Crippen LogP) is 4.28. The second-order valence-electron chi connectivity index (χ2n) is 6.35. The first-order valence-electron chi connectivity index (χ1n) is 7.28. The highest BCUT2D eigenvalue weighted by Crippen LogP contribution is 2.24. The first kappa shape index (κ1) is 15.9. The zero-order chi connectivity index (χ0) is 15.6. The fourth-order valence-electron chi connectivity index (χ4n) is 1.98. The van der Waals surface area contributed by atoms with Gasteiger partial charge in [-0.3, -0.25) is 4.98 Å². The fourth-order valence-corrected chi connectivity index (χ4v) is 2.17. The van der Waals surface area contributed by atoms with Gasteiger partial charge in [-0.2, -0.15) is 0 Å². The van der Waals surface area contributed by atoms with Gasteiger partial charge >= 0.3 is 0 Å². The van der Waals surface area contributed by atoms with Gasteiger partial charge in [0.15, 0.2) is 0 Å². The molecule has 0 saturated heterocycles. The molecular weight excluding hydrogens is 282 g/mol. The van der Waals surface area contributed by atoms with Gasteiger partial charge in [-0.1, -0.05) is 45.4 Å². The Morgan fingerprint density at radius 2 is 1.86 bits per heavy atom. The summed E-state index contributed by atoms with van der Waals surface area (Å²) in [5.41, 5.74) is 4.02. The third-order valence-corrected chi connectivity index (χ3v) is 3.87. The molecule has 2 rings (SSSR count). The van der Waals surface area contributed by atoms with E-state index in [1.807, 2.05) is 13.1 Å². The minimum atomic E-state index is -0.119. The number of hydrogen-bond acceptors (Lipinski definition) is 3. The topological polar surface area (TPSA) is 38.7 Å². The molecule has 0 radical (unpaired) electrons. The van der Waals surface area contributed by atoms with E-state index in [9.17, 15) is 0 Å². The Hall–Kier alpha value is -1.48. The Bertz CT molecular complexity index is 628. The fraction of sp³-hybridized carbons (Fsp3) is 0.471. The van der Waals surface area contributed by atoms with E-state index in [4.69, 9.17) is 16.6 Å². The monoisotopic (exact) mass is 303 g/mol. The summed E-state index contributed by atoms with van der Waals surface area (Å²) in [7, 11) is 0. The Kier molecular flexibility index (Phi) is 4.62. The maximum atomic E-state index is 6.27. The molecule has 0 aliphatic rings. The molecule has 0 aromatic carbocycles. The summed E-state index contributed by atoms with van der Waals surface area (Å²) < 4.78 is 0. The van der Waals surface area contributed by atoms with Crippen LogP contribution in [0.2, 0.25) is 5.15 Å². The molecule has 21 heavy (non-hydrogen) atoms. The maximum Gasteiger partial charge on any atom is 0.135 e. The van der Waals surface area contributed by atoms with Crippen LogP contribution >= 0.6 is 11.6 Å². The molecule has 0 N–H and O–H groups in total. The normalized spacial score (nSPS) is 11.7. The van der Waals surface area contributed by atoms with Gasteiger partial charge in [0.05, 0.1) is 5.69 Å². The molecule has 3 nitrogen and oxygen atoms in total. The first-order valence-corrected chi connectivity index (χ1v) is 7.66. The van der Waals surface area contributed by atoms with Gasteiger partial charge in [0.2, 0.25) is 0 Å². The van der Waals surface area contributed by atoms with Gasteiger partial charge in [0, 0.05) is 29.3 Å². The molecule has 4 heteroatoms. The zero-order valence-corrected chi connectivity index (χ0v) is 14.1.